The summed E-state index contributed by atoms with van der Waals surface area (Å²) < 4.78 is 17.6. The highest BCUT2D eigenvalue weighted by Gasteiger charge is 2.06. The van der Waals surface area contributed by atoms with Crippen LogP contribution < -0.4 is 14.2 Å². The number of methoxy groups -OCH3 is 2. The van der Waals surface area contributed by atoms with Crippen molar-refractivity contribution in [3.8, 4) is 17.2 Å². The number of aryl methyl sites for hydroxylation is 1. The van der Waals surface area contributed by atoms with Gasteiger partial charge >= 0.3 is 5.97 Å². The number of imidazole rings is 1. The van der Waals surface area contributed by atoms with Gasteiger partial charge < -0.3 is 18.8 Å². The average molecular weight is 338 g/mol. The zero-order valence-corrected chi connectivity index (χ0v) is 14.2. The first-order chi connectivity index (χ1) is 12.1. The molecule has 1 aromatic heterocycles. The molecule has 0 unspecified atom stereocenters. The van der Waals surface area contributed by atoms with Gasteiger partial charge in [0.2, 0.25) is 0 Å². The summed E-state index contributed by atoms with van der Waals surface area (Å²) in [6.07, 6.45) is 4.74. The topological polar surface area (TPSA) is 62.6 Å². The summed E-state index contributed by atoms with van der Waals surface area (Å²) in [5.74, 6) is 1.21. The maximum atomic E-state index is 12.0. The standard InChI is InChI=1S/C19H18N2O4/c1-21-12-20-15-11-14(6-7-16(15)21)25-19(22)9-5-13-4-8-17(23-2)18(10-13)24-3/h4-12H,1-3H3. The first kappa shape index (κ1) is 16.6. The number of benzene rings is 2. The summed E-state index contributed by atoms with van der Waals surface area (Å²) in [6.45, 7) is 0. The summed E-state index contributed by atoms with van der Waals surface area (Å²) in [4.78, 5) is 16.3. The average Bonchev–Trinajstić information content (AvgIpc) is 3.00. The number of aromatic nitrogens is 2. The van der Waals surface area contributed by atoms with E-state index in [9.17, 15) is 4.79 Å². The van der Waals surface area contributed by atoms with Gasteiger partial charge in [-0.3, -0.25) is 0 Å². The molecule has 0 N–H and O–H groups in total. The van der Waals surface area contributed by atoms with Crippen LogP contribution in [-0.4, -0.2) is 29.7 Å². The Bertz CT molecular complexity index is 944. The van der Waals surface area contributed by atoms with Gasteiger partial charge in [-0.2, -0.15) is 0 Å². The Balaban J connectivity index is 1.71. The van der Waals surface area contributed by atoms with Crippen LogP contribution in [0, 0.1) is 0 Å². The molecule has 0 aliphatic carbocycles. The molecule has 2 aromatic carbocycles. The van der Waals surface area contributed by atoms with Crippen LogP contribution in [0.15, 0.2) is 48.8 Å². The highest BCUT2D eigenvalue weighted by atomic mass is 16.5. The van der Waals surface area contributed by atoms with Crippen molar-refractivity contribution in [3.05, 3.63) is 54.4 Å². The van der Waals surface area contributed by atoms with Crippen LogP contribution in [0.1, 0.15) is 5.56 Å². The largest absolute Gasteiger partial charge is 0.493 e. The summed E-state index contributed by atoms with van der Waals surface area (Å²) in [6, 6.07) is 10.7. The molecule has 0 spiro atoms. The monoisotopic (exact) mass is 338 g/mol. The first-order valence-electron chi connectivity index (χ1n) is 7.63. The van der Waals surface area contributed by atoms with Crippen LogP contribution in [-0.2, 0) is 11.8 Å². The third-order valence-corrected chi connectivity index (χ3v) is 3.73. The lowest BCUT2D eigenvalue weighted by Crippen LogP contribution is -2.03. The van der Waals surface area contributed by atoms with Gasteiger partial charge in [0.25, 0.3) is 0 Å². The minimum atomic E-state index is -0.468. The number of fused-ring (bicyclic) bond motifs is 1. The van der Waals surface area contributed by atoms with Crippen LogP contribution in [0.2, 0.25) is 0 Å². The van der Waals surface area contributed by atoms with E-state index in [4.69, 9.17) is 14.2 Å². The maximum Gasteiger partial charge on any atom is 0.336 e. The van der Waals surface area contributed by atoms with Crippen molar-refractivity contribution in [2.75, 3.05) is 14.2 Å². The van der Waals surface area contributed by atoms with Crippen molar-refractivity contribution in [1.29, 1.82) is 0 Å². The minimum absolute atomic E-state index is 0.452. The molecule has 0 radical (unpaired) electrons. The van der Waals surface area contributed by atoms with E-state index in [1.54, 1.807) is 50.9 Å². The lowest BCUT2D eigenvalue weighted by Gasteiger charge is -2.07. The van der Waals surface area contributed by atoms with Gasteiger partial charge in [0.15, 0.2) is 11.5 Å². The molecule has 0 bridgehead atoms. The molecule has 0 atom stereocenters. The summed E-state index contributed by atoms with van der Waals surface area (Å²) >= 11 is 0. The van der Waals surface area contributed by atoms with E-state index in [0.717, 1.165) is 16.6 Å². The van der Waals surface area contributed by atoms with Gasteiger partial charge in [0.1, 0.15) is 5.75 Å². The molecule has 3 rings (SSSR count). The van der Waals surface area contributed by atoms with Crippen molar-refractivity contribution in [2.24, 2.45) is 7.05 Å². The third kappa shape index (κ3) is 3.63. The van der Waals surface area contributed by atoms with Crippen LogP contribution >= 0.6 is 0 Å². The van der Waals surface area contributed by atoms with Gasteiger partial charge in [-0.05, 0) is 35.9 Å². The number of carbonyl (C=O) groups excluding carboxylic acids is 1. The molecule has 0 aliphatic rings. The lowest BCUT2D eigenvalue weighted by molar-refractivity contribution is -0.128. The molecule has 6 nitrogen and oxygen atoms in total. The zero-order valence-electron chi connectivity index (χ0n) is 14.2. The van der Waals surface area contributed by atoms with Crippen LogP contribution in [0.4, 0.5) is 0 Å². The molecule has 25 heavy (non-hydrogen) atoms. The highest BCUT2D eigenvalue weighted by molar-refractivity contribution is 5.89. The number of carbonyl (C=O) groups is 1. The zero-order chi connectivity index (χ0) is 17.8. The van der Waals surface area contributed by atoms with Gasteiger partial charge in [-0.25, -0.2) is 9.78 Å². The normalized spacial score (nSPS) is 11.0. The number of rotatable bonds is 5. The molecular weight excluding hydrogens is 320 g/mol. The minimum Gasteiger partial charge on any atom is -0.493 e. The molecule has 0 amide bonds. The molecule has 1 heterocycles. The fourth-order valence-corrected chi connectivity index (χ4v) is 2.45. The molecule has 0 saturated carbocycles. The summed E-state index contributed by atoms with van der Waals surface area (Å²) in [7, 11) is 5.05. The van der Waals surface area contributed by atoms with Crippen molar-refractivity contribution >= 4 is 23.1 Å². The Morgan fingerprint density at radius 3 is 2.64 bits per heavy atom. The maximum absolute atomic E-state index is 12.0. The van der Waals surface area contributed by atoms with Crippen molar-refractivity contribution in [1.82, 2.24) is 9.55 Å². The molecule has 6 heteroatoms. The van der Waals surface area contributed by atoms with E-state index in [-0.39, 0.29) is 0 Å². The Morgan fingerprint density at radius 1 is 1.08 bits per heavy atom. The van der Waals surface area contributed by atoms with E-state index in [1.165, 1.54) is 6.08 Å². The molecule has 0 aliphatic heterocycles. The number of hydrogen-bond donors (Lipinski definition) is 0. The Labute approximate surface area is 145 Å². The number of hydrogen-bond acceptors (Lipinski definition) is 5. The van der Waals surface area contributed by atoms with Crippen molar-refractivity contribution in [3.63, 3.8) is 0 Å². The molecule has 0 fully saturated rings. The second-order valence-corrected chi connectivity index (χ2v) is 5.37. The van der Waals surface area contributed by atoms with E-state index in [0.29, 0.717) is 17.2 Å². The lowest BCUT2D eigenvalue weighted by atomic mass is 10.2. The van der Waals surface area contributed by atoms with E-state index in [1.807, 2.05) is 23.7 Å². The van der Waals surface area contributed by atoms with Crippen LogP contribution in [0.3, 0.4) is 0 Å². The first-order valence-corrected chi connectivity index (χ1v) is 7.63. The predicted molar refractivity (Wildman–Crippen MR) is 94.9 cm³/mol. The highest BCUT2D eigenvalue weighted by Crippen LogP contribution is 2.28. The predicted octanol–water partition coefficient (Wildman–Crippen LogP) is 3.21. The number of nitrogens with zero attached hydrogens (tertiary/aromatic N) is 2. The van der Waals surface area contributed by atoms with Gasteiger partial charge in [-0.1, -0.05) is 6.07 Å². The van der Waals surface area contributed by atoms with Crippen LogP contribution in [0.5, 0.6) is 17.2 Å². The third-order valence-electron chi connectivity index (χ3n) is 3.73. The van der Waals surface area contributed by atoms with E-state index in [2.05, 4.69) is 4.98 Å². The Hall–Kier alpha value is -3.28. The summed E-state index contributed by atoms with van der Waals surface area (Å²) in [5.41, 5.74) is 2.55. The Kier molecular flexibility index (Phi) is 4.70. The SMILES string of the molecule is COc1ccc(C=CC(=O)Oc2ccc3c(c2)ncn3C)cc1OC. The fraction of sp³-hybridized carbons (Fsp3) is 0.158. The van der Waals surface area contributed by atoms with E-state index >= 15 is 0 Å². The number of esters is 1. The van der Waals surface area contributed by atoms with Gasteiger partial charge in [-0.15, -0.1) is 0 Å². The Morgan fingerprint density at radius 2 is 1.88 bits per heavy atom. The quantitative estimate of drug-likeness (QED) is 0.406. The smallest absolute Gasteiger partial charge is 0.336 e. The van der Waals surface area contributed by atoms with Crippen molar-refractivity contribution in [2.45, 2.75) is 0 Å². The molecular formula is C19H18N2O4. The summed E-state index contributed by atoms with van der Waals surface area (Å²) in [5, 5.41) is 0. The second-order valence-electron chi connectivity index (χ2n) is 5.37. The van der Waals surface area contributed by atoms with Gasteiger partial charge in [0.05, 0.1) is 31.6 Å². The number of ether oxygens (including phenoxy) is 3. The fourth-order valence-electron chi connectivity index (χ4n) is 2.45. The second kappa shape index (κ2) is 7.09. The van der Waals surface area contributed by atoms with Crippen LogP contribution in [0.25, 0.3) is 17.1 Å². The molecule has 128 valence electrons. The van der Waals surface area contributed by atoms with Crippen molar-refractivity contribution < 1.29 is 19.0 Å². The van der Waals surface area contributed by atoms with Gasteiger partial charge in [0, 0.05) is 19.2 Å². The molecule has 3 aromatic rings. The van der Waals surface area contributed by atoms with E-state index < -0.39 is 5.97 Å². The molecule has 0 saturated heterocycles.